The van der Waals surface area contributed by atoms with E-state index in [1.165, 1.54) is 27.7 Å². The van der Waals surface area contributed by atoms with E-state index in [1.54, 1.807) is 13.1 Å². The molecule has 26 heavy (non-hydrogen) atoms. The van der Waals surface area contributed by atoms with Crippen LogP contribution in [-0.4, -0.2) is 30.0 Å². The van der Waals surface area contributed by atoms with Crippen LogP contribution in [0.2, 0.25) is 10.0 Å². The standard InChI is InChI=1S/C15H10Cl2N6O3/c1-22-12(25)4-18-14-13(22)19-6-23(14)5-11(24)21-15-20-9-2-7(16)8(17)3-10(9)26-15/h2-4,6H,5H2,1H3,(H,20,21,24). The van der Waals surface area contributed by atoms with Crippen molar-refractivity contribution in [3.63, 3.8) is 0 Å². The van der Waals surface area contributed by atoms with Crippen molar-refractivity contribution in [2.24, 2.45) is 7.05 Å². The number of fused-ring (bicyclic) bond motifs is 2. The lowest BCUT2D eigenvalue weighted by atomic mass is 10.3. The zero-order valence-corrected chi connectivity index (χ0v) is 14.7. The van der Waals surface area contributed by atoms with Gasteiger partial charge in [0.05, 0.1) is 22.6 Å². The lowest BCUT2D eigenvalue weighted by Gasteiger charge is -2.03. The Bertz CT molecular complexity index is 1190. The van der Waals surface area contributed by atoms with Gasteiger partial charge in [-0.3, -0.25) is 19.5 Å². The zero-order chi connectivity index (χ0) is 18.4. The van der Waals surface area contributed by atoms with Crippen LogP contribution in [0, 0.1) is 0 Å². The van der Waals surface area contributed by atoms with Gasteiger partial charge in [0, 0.05) is 13.1 Å². The number of benzene rings is 1. The maximum atomic E-state index is 12.3. The number of carbonyl (C=O) groups is 1. The number of nitrogens with one attached hydrogen (secondary N) is 1. The summed E-state index contributed by atoms with van der Waals surface area (Å²) >= 11 is 11.9. The van der Waals surface area contributed by atoms with E-state index in [-0.39, 0.29) is 18.1 Å². The first-order chi connectivity index (χ1) is 12.4. The van der Waals surface area contributed by atoms with E-state index in [2.05, 4.69) is 20.3 Å². The second kappa shape index (κ2) is 6.11. The second-order valence-electron chi connectivity index (χ2n) is 5.48. The van der Waals surface area contributed by atoms with Gasteiger partial charge in [0.25, 0.3) is 5.56 Å². The fourth-order valence-corrected chi connectivity index (χ4v) is 2.76. The van der Waals surface area contributed by atoms with Gasteiger partial charge in [0.15, 0.2) is 16.9 Å². The van der Waals surface area contributed by atoms with Crippen molar-refractivity contribution < 1.29 is 9.21 Å². The maximum Gasteiger partial charge on any atom is 0.302 e. The quantitative estimate of drug-likeness (QED) is 0.572. The highest BCUT2D eigenvalue weighted by molar-refractivity contribution is 6.42. The molecule has 1 N–H and O–H groups in total. The SMILES string of the molecule is Cn1c(=O)cnc2c1ncn2CC(=O)Nc1nc2cc(Cl)c(Cl)cc2o1. The number of halogens is 2. The third-order valence-corrected chi connectivity index (χ3v) is 4.45. The molecule has 0 aliphatic heterocycles. The van der Waals surface area contributed by atoms with Crippen LogP contribution in [0.25, 0.3) is 22.4 Å². The Morgan fingerprint density at radius 2 is 2.00 bits per heavy atom. The molecule has 132 valence electrons. The van der Waals surface area contributed by atoms with Crippen molar-refractivity contribution in [3.05, 3.63) is 45.1 Å². The van der Waals surface area contributed by atoms with E-state index in [1.807, 2.05) is 0 Å². The number of aromatic nitrogens is 5. The summed E-state index contributed by atoms with van der Waals surface area (Å²) in [7, 11) is 1.58. The predicted octanol–water partition coefficient (Wildman–Crippen LogP) is 2.22. The van der Waals surface area contributed by atoms with Crippen molar-refractivity contribution in [1.29, 1.82) is 0 Å². The van der Waals surface area contributed by atoms with Gasteiger partial charge in [0.1, 0.15) is 12.1 Å². The molecule has 0 saturated carbocycles. The van der Waals surface area contributed by atoms with Gasteiger partial charge in [-0.15, -0.1) is 0 Å². The van der Waals surface area contributed by atoms with Gasteiger partial charge < -0.3 is 8.98 Å². The van der Waals surface area contributed by atoms with Crippen LogP contribution < -0.4 is 10.9 Å². The monoisotopic (exact) mass is 392 g/mol. The summed E-state index contributed by atoms with van der Waals surface area (Å²) in [4.78, 5) is 36.1. The molecule has 3 heterocycles. The normalized spacial score (nSPS) is 11.3. The first-order valence-corrected chi connectivity index (χ1v) is 8.10. The number of oxazole rings is 1. The summed E-state index contributed by atoms with van der Waals surface area (Å²) in [6.07, 6.45) is 2.61. The molecule has 3 aromatic heterocycles. The minimum Gasteiger partial charge on any atom is -0.423 e. The number of amides is 1. The maximum absolute atomic E-state index is 12.3. The molecule has 11 heteroatoms. The van der Waals surface area contributed by atoms with E-state index in [4.69, 9.17) is 27.6 Å². The fourth-order valence-electron chi connectivity index (χ4n) is 2.45. The molecule has 0 aliphatic rings. The van der Waals surface area contributed by atoms with E-state index >= 15 is 0 Å². The van der Waals surface area contributed by atoms with Gasteiger partial charge in [0.2, 0.25) is 5.91 Å². The van der Waals surface area contributed by atoms with Crippen molar-refractivity contribution in [1.82, 2.24) is 24.1 Å². The Morgan fingerprint density at radius 1 is 1.23 bits per heavy atom. The van der Waals surface area contributed by atoms with Crippen LogP contribution in [0.15, 0.2) is 33.9 Å². The fraction of sp³-hybridized carbons (Fsp3) is 0.133. The Balaban J connectivity index is 1.58. The topological polar surface area (TPSA) is 108 Å². The van der Waals surface area contributed by atoms with Crippen LogP contribution in [0.3, 0.4) is 0 Å². The summed E-state index contributed by atoms with van der Waals surface area (Å²) in [5.41, 5.74) is 1.39. The first-order valence-electron chi connectivity index (χ1n) is 7.34. The van der Waals surface area contributed by atoms with Crippen molar-refractivity contribution in [3.8, 4) is 0 Å². The van der Waals surface area contributed by atoms with E-state index in [0.29, 0.717) is 32.4 Å². The van der Waals surface area contributed by atoms with Crippen LogP contribution >= 0.6 is 23.2 Å². The van der Waals surface area contributed by atoms with Crippen molar-refractivity contribution in [2.75, 3.05) is 5.32 Å². The lowest BCUT2D eigenvalue weighted by molar-refractivity contribution is -0.116. The minimum atomic E-state index is -0.399. The van der Waals surface area contributed by atoms with Crippen LogP contribution in [-0.2, 0) is 18.4 Å². The molecular formula is C15H10Cl2N6O3. The highest BCUT2D eigenvalue weighted by atomic mass is 35.5. The zero-order valence-electron chi connectivity index (χ0n) is 13.2. The lowest BCUT2D eigenvalue weighted by Crippen LogP contribution is -2.20. The van der Waals surface area contributed by atoms with E-state index in [9.17, 15) is 9.59 Å². The highest BCUT2D eigenvalue weighted by Gasteiger charge is 2.14. The number of nitrogens with zero attached hydrogens (tertiary/aromatic N) is 5. The number of hydrogen-bond acceptors (Lipinski definition) is 6. The predicted molar refractivity (Wildman–Crippen MR) is 95.4 cm³/mol. The number of carbonyl (C=O) groups excluding carboxylic acids is 1. The third kappa shape index (κ3) is 2.80. The van der Waals surface area contributed by atoms with Gasteiger partial charge in [-0.2, -0.15) is 4.98 Å². The van der Waals surface area contributed by atoms with Crippen molar-refractivity contribution in [2.45, 2.75) is 6.54 Å². The molecule has 0 unspecified atom stereocenters. The van der Waals surface area contributed by atoms with Crippen LogP contribution in [0.5, 0.6) is 0 Å². The average molecular weight is 393 g/mol. The molecule has 9 nitrogen and oxygen atoms in total. The summed E-state index contributed by atoms with van der Waals surface area (Å²) in [5, 5.41) is 3.22. The van der Waals surface area contributed by atoms with E-state index in [0.717, 1.165) is 0 Å². The minimum absolute atomic E-state index is 0.0214. The van der Waals surface area contributed by atoms with Gasteiger partial charge in [-0.1, -0.05) is 23.2 Å². The Hall–Kier alpha value is -2.91. The molecule has 1 aromatic carbocycles. The summed E-state index contributed by atoms with van der Waals surface area (Å²) in [5.74, 6) is -0.399. The Kier molecular flexibility index (Phi) is 3.89. The molecule has 0 radical (unpaired) electrons. The number of anilines is 1. The second-order valence-corrected chi connectivity index (χ2v) is 6.29. The molecular weight excluding hydrogens is 383 g/mol. The molecule has 0 fully saturated rings. The molecule has 4 rings (SSSR count). The summed E-state index contributed by atoms with van der Waals surface area (Å²) < 4.78 is 8.31. The molecule has 0 bridgehead atoms. The molecule has 0 aliphatic carbocycles. The molecule has 0 spiro atoms. The first kappa shape index (κ1) is 16.6. The van der Waals surface area contributed by atoms with Crippen LogP contribution in [0.1, 0.15) is 0 Å². The summed E-state index contributed by atoms with van der Waals surface area (Å²) in [6.45, 7) is -0.0814. The molecule has 1 amide bonds. The molecule has 4 aromatic rings. The van der Waals surface area contributed by atoms with E-state index < -0.39 is 5.91 Å². The van der Waals surface area contributed by atoms with Gasteiger partial charge in [-0.05, 0) is 6.07 Å². The number of aryl methyl sites for hydroxylation is 1. The van der Waals surface area contributed by atoms with Crippen LogP contribution in [0.4, 0.5) is 6.01 Å². The molecule has 0 atom stereocenters. The highest BCUT2D eigenvalue weighted by Crippen LogP contribution is 2.29. The Labute approximate surface area is 155 Å². The van der Waals surface area contributed by atoms with Crippen molar-refractivity contribution >= 4 is 57.5 Å². The smallest absolute Gasteiger partial charge is 0.302 e. The number of hydrogen-bond donors (Lipinski definition) is 1. The van der Waals surface area contributed by atoms with Gasteiger partial charge in [-0.25, -0.2) is 9.97 Å². The average Bonchev–Trinajstić information content (AvgIpc) is 3.15. The number of rotatable bonds is 3. The molecule has 0 saturated heterocycles. The third-order valence-electron chi connectivity index (χ3n) is 3.73. The Morgan fingerprint density at radius 3 is 2.81 bits per heavy atom. The number of imidazole rings is 1. The summed E-state index contributed by atoms with van der Waals surface area (Å²) in [6, 6.07) is 3.09. The largest absolute Gasteiger partial charge is 0.423 e. The van der Waals surface area contributed by atoms with Gasteiger partial charge >= 0.3 is 6.01 Å².